The minimum atomic E-state index is -1.07. The molecule has 1 aliphatic carbocycles. The highest BCUT2D eigenvalue weighted by Crippen LogP contribution is 2.52. The molecule has 2 heterocycles. The van der Waals surface area contributed by atoms with E-state index < -0.39 is 11.6 Å². The van der Waals surface area contributed by atoms with Gasteiger partial charge in [-0.05, 0) is 38.7 Å². The summed E-state index contributed by atoms with van der Waals surface area (Å²) in [6.45, 7) is 3.59. The van der Waals surface area contributed by atoms with Crippen LogP contribution in [0, 0.1) is 0 Å². The van der Waals surface area contributed by atoms with E-state index in [-0.39, 0.29) is 11.2 Å². The summed E-state index contributed by atoms with van der Waals surface area (Å²) in [6.07, 6.45) is 8.80. The van der Waals surface area contributed by atoms with Gasteiger partial charge in [-0.2, -0.15) is 0 Å². The molecule has 0 amide bonds. The maximum atomic E-state index is 11.6. The molecule has 0 radical (unpaired) electrons. The summed E-state index contributed by atoms with van der Waals surface area (Å²) >= 11 is 0. The molecule has 3 aliphatic rings. The molecule has 3 fully saturated rings. The van der Waals surface area contributed by atoms with Gasteiger partial charge in [0, 0.05) is 38.6 Å². The Morgan fingerprint density at radius 2 is 1.73 bits per heavy atom. The normalized spacial score (nSPS) is 41.7. The third-order valence-electron chi connectivity index (χ3n) is 5.09. The highest BCUT2D eigenvalue weighted by molar-refractivity contribution is 5.82. The van der Waals surface area contributed by atoms with Crippen LogP contribution in [0.25, 0.3) is 0 Å². The van der Waals surface area contributed by atoms with Crippen molar-refractivity contribution >= 4 is 5.97 Å². The van der Waals surface area contributed by atoms with Gasteiger partial charge in [0.2, 0.25) is 0 Å². The molecule has 1 saturated carbocycles. The van der Waals surface area contributed by atoms with E-state index >= 15 is 0 Å². The number of carbonyl (C=O) groups excluding carboxylic acids is 1. The second-order valence-electron chi connectivity index (χ2n) is 6.99. The van der Waals surface area contributed by atoms with Crippen LogP contribution in [0.5, 0.6) is 0 Å². The summed E-state index contributed by atoms with van der Waals surface area (Å²) in [7, 11) is 0. The van der Waals surface area contributed by atoms with Crippen molar-refractivity contribution in [3.8, 4) is 0 Å². The van der Waals surface area contributed by atoms with Gasteiger partial charge in [-0.15, -0.1) is 0 Å². The number of hydrogen-bond acceptors (Lipinski definition) is 5. The monoisotopic (exact) mass is 310 g/mol. The van der Waals surface area contributed by atoms with Crippen LogP contribution in [0.3, 0.4) is 0 Å². The third-order valence-corrected chi connectivity index (χ3v) is 5.09. The zero-order chi connectivity index (χ0) is 15.7. The van der Waals surface area contributed by atoms with Crippen LogP contribution < -0.4 is 0 Å². The summed E-state index contributed by atoms with van der Waals surface area (Å²) in [4.78, 5) is 11.6. The molecular weight excluding hydrogens is 284 g/mol. The summed E-state index contributed by atoms with van der Waals surface area (Å²) in [5, 5.41) is 11.1. The zero-order valence-electron chi connectivity index (χ0n) is 13.3. The smallest absolute Gasteiger partial charge is 0.330 e. The Balaban J connectivity index is 1.81. The molecule has 0 aromatic carbocycles. The van der Waals surface area contributed by atoms with Crippen LogP contribution in [-0.4, -0.2) is 47.7 Å². The van der Waals surface area contributed by atoms with E-state index in [9.17, 15) is 9.90 Å². The van der Waals surface area contributed by atoms with Gasteiger partial charge in [0.25, 0.3) is 0 Å². The van der Waals surface area contributed by atoms with Gasteiger partial charge in [0.05, 0.1) is 23.4 Å². The number of carbonyl (C=O) groups is 1. The Morgan fingerprint density at radius 1 is 1.14 bits per heavy atom. The molecule has 5 nitrogen and oxygen atoms in total. The van der Waals surface area contributed by atoms with Crippen molar-refractivity contribution in [3.63, 3.8) is 0 Å². The highest BCUT2D eigenvalue weighted by Gasteiger charge is 2.56. The van der Waals surface area contributed by atoms with Gasteiger partial charge >= 0.3 is 5.97 Å². The molecule has 0 aromatic rings. The molecule has 3 atom stereocenters. The first-order valence-electron chi connectivity index (χ1n) is 8.35. The first-order valence-corrected chi connectivity index (χ1v) is 8.35. The Labute approximate surface area is 131 Å². The summed E-state index contributed by atoms with van der Waals surface area (Å²) < 4.78 is 17.0. The zero-order valence-corrected chi connectivity index (χ0v) is 13.3. The van der Waals surface area contributed by atoms with Gasteiger partial charge in [0.15, 0.2) is 0 Å². The fourth-order valence-electron chi connectivity index (χ4n) is 4.49. The van der Waals surface area contributed by atoms with Crippen molar-refractivity contribution < 1.29 is 24.1 Å². The molecule has 22 heavy (non-hydrogen) atoms. The Hall–Kier alpha value is -0.910. The van der Waals surface area contributed by atoms with E-state index in [2.05, 4.69) is 0 Å². The lowest BCUT2D eigenvalue weighted by atomic mass is 9.65. The topological polar surface area (TPSA) is 65.0 Å². The van der Waals surface area contributed by atoms with Crippen LogP contribution in [0.4, 0.5) is 0 Å². The lowest BCUT2D eigenvalue weighted by molar-refractivity contribution is -0.172. The molecule has 1 unspecified atom stereocenters. The number of ether oxygens (including phenoxy) is 3. The quantitative estimate of drug-likeness (QED) is 0.639. The SMILES string of the molecule is CCOC(=O)/C=C/C1(O)C[C@@]2(CCCO2)C[C@@]2(CCCO2)C1. The predicted octanol–water partition coefficient (Wildman–Crippen LogP) is 2.12. The van der Waals surface area contributed by atoms with Crippen molar-refractivity contribution in [2.45, 2.75) is 68.7 Å². The van der Waals surface area contributed by atoms with Crippen LogP contribution in [0.1, 0.15) is 51.9 Å². The fraction of sp³-hybridized carbons (Fsp3) is 0.824. The van der Waals surface area contributed by atoms with E-state index in [1.807, 2.05) is 0 Å². The highest BCUT2D eigenvalue weighted by atomic mass is 16.5. The molecule has 2 saturated heterocycles. The van der Waals surface area contributed by atoms with Crippen LogP contribution in [0.2, 0.25) is 0 Å². The molecule has 3 rings (SSSR count). The molecule has 2 aliphatic heterocycles. The fourth-order valence-corrected chi connectivity index (χ4v) is 4.49. The second kappa shape index (κ2) is 5.95. The van der Waals surface area contributed by atoms with Crippen molar-refractivity contribution in [1.29, 1.82) is 0 Å². The summed E-state index contributed by atoms with van der Waals surface area (Å²) in [5.41, 5.74) is -1.69. The molecule has 2 spiro atoms. The maximum absolute atomic E-state index is 11.6. The molecule has 5 heteroatoms. The van der Waals surface area contributed by atoms with Crippen LogP contribution in [-0.2, 0) is 19.0 Å². The minimum Gasteiger partial charge on any atom is -0.463 e. The van der Waals surface area contributed by atoms with Crippen molar-refractivity contribution in [3.05, 3.63) is 12.2 Å². The van der Waals surface area contributed by atoms with Gasteiger partial charge < -0.3 is 19.3 Å². The molecule has 124 valence electrons. The second-order valence-corrected chi connectivity index (χ2v) is 6.99. The van der Waals surface area contributed by atoms with Gasteiger partial charge in [-0.1, -0.05) is 0 Å². The van der Waals surface area contributed by atoms with E-state index in [0.29, 0.717) is 19.4 Å². The first-order chi connectivity index (χ1) is 10.5. The van der Waals surface area contributed by atoms with Gasteiger partial charge in [-0.25, -0.2) is 4.79 Å². The van der Waals surface area contributed by atoms with Crippen LogP contribution in [0.15, 0.2) is 12.2 Å². The van der Waals surface area contributed by atoms with Crippen molar-refractivity contribution in [2.75, 3.05) is 19.8 Å². The maximum Gasteiger partial charge on any atom is 0.330 e. The number of esters is 1. The van der Waals surface area contributed by atoms with Crippen molar-refractivity contribution in [1.82, 2.24) is 0 Å². The summed E-state index contributed by atoms with van der Waals surface area (Å²) in [6, 6.07) is 0. The average Bonchev–Trinajstić information content (AvgIpc) is 3.07. The lowest BCUT2D eigenvalue weighted by Gasteiger charge is -2.49. The largest absolute Gasteiger partial charge is 0.463 e. The first kappa shape index (κ1) is 16.0. The van der Waals surface area contributed by atoms with E-state index in [1.165, 1.54) is 6.08 Å². The summed E-state index contributed by atoms with van der Waals surface area (Å²) in [5.74, 6) is -0.413. The molecule has 0 aromatic heterocycles. The number of rotatable bonds is 3. The minimum absolute atomic E-state index is 0.309. The standard InChI is InChI=1S/C17H26O5/c1-2-20-14(18)5-8-15(19)11-16(6-3-9-21-16)13-17(12-15)7-4-10-22-17/h5,8,19H,2-4,6-7,9-13H2,1H3/b8-5+/t15?,16-,17+. The Morgan fingerprint density at radius 3 is 2.18 bits per heavy atom. The van der Waals surface area contributed by atoms with Gasteiger partial charge in [-0.3, -0.25) is 0 Å². The molecule has 1 N–H and O–H groups in total. The van der Waals surface area contributed by atoms with E-state index in [1.54, 1.807) is 13.0 Å². The molecule has 0 bridgehead atoms. The van der Waals surface area contributed by atoms with Crippen LogP contribution >= 0.6 is 0 Å². The van der Waals surface area contributed by atoms with Crippen molar-refractivity contribution in [2.24, 2.45) is 0 Å². The Bertz CT molecular complexity index is 420. The van der Waals surface area contributed by atoms with E-state index in [4.69, 9.17) is 14.2 Å². The third kappa shape index (κ3) is 3.21. The average molecular weight is 310 g/mol. The Kier molecular flexibility index (Phi) is 4.32. The number of hydrogen-bond donors (Lipinski definition) is 1. The molecular formula is C17H26O5. The lowest BCUT2D eigenvalue weighted by Crippen LogP contribution is -2.55. The van der Waals surface area contributed by atoms with Gasteiger partial charge in [0.1, 0.15) is 0 Å². The van der Waals surface area contributed by atoms with E-state index in [0.717, 1.165) is 45.3 Å². The number of aliphatic hydroxyl groups is 1. The predicted molar refractivity (Wildman–Crippen MR) is 80.4 cm³/mol.